The molecule has 0 bridgehead atoms. The lowest BCUT2D eigenvalue weighted by molar-refractivity contribution is 0.243. The van der Waals surface area contributed by atoms with Crippen LogP contribution in [0.1, 0.15) is 19.8 Å². The minimum absolute atomic E-state index is 0.901. The summed E-state index contributed by atoms with van der Waals surface area (Å²) in [6, 6.07) is 0. The maximum Gasteiger partial charge on any atom is 0.0172 e. The van der Waals surface area contributed by atoms with Crippen molar-refractivity contribution in [3.8, 4) is 0 Å². The summed E-state index contributed by atoms with van der Waals surface area (Å²) >= 11 is 2.17. The number of nitrogens with zero attached hydrogens (tertiary/aromatic N) is 1. The van der Waals surface area contributed by atoms with Crippen molar-refractivity contribution in [3.63, 3.8) is 0 Å². The van der Waals surface area contributed by atoms with E-state index in [4.69, 9.17) is 0 Å². The molecule has 0 amide bonds. The highest BCUT2D eigenvalue weighted by Gasteiger charge is 2.23. The Kier molecular flexibility index (Phi) is 4.14. The van der Waals surface area contributed by atoms with Crippen molar-refractivity contribution in [2.24, 2.45) is 5.92 Å². The van der Waals surface area contributed by atoms with Crippen LogP contribution in [-0.4, -0.2) is 48.6 Å². The van der Waals surface area contributed by atoms with Crippen molar-refractivity contribution in [3.05, 3.63) is 0 Å². The van der Waals surface area contributed by atoms with Crippen molar-refractivity contribution in [2.75, 3.05) is 38.5 Å². The predicted molar refractivity (Wildman–Crippen MR) is 64.0 cm³/mol. The Morgan fingerprint density at radius 2 is 2.43 bits per heavy atom. The van der Waals surface area contributed by atoms with Crippen molar-refractivity contribution in [1.82, 2.24) is 10.2 Å². The van der Waals surface area contributed by atoms with Crippen molar-refractivity contribution >= 4 is 11.8 Å². The zero-order valence-electron chi connectivity index (χ0n) is 9.17. The summed E-state index contributed by atoms with van der Waals surface area (Å²) < 4.78 is 0. The molecule has 0 aliphatic carbocycles. The number of nitrogens with one attached hydrogen (secondary N) is 1. The smallest absolute Gasteiger partial charge is 0.0172 e. The molecule has 0 saturated carbocycles. The van der Waals surface area contributed by atoms with Crippen LogP contribution >= 0.6 is 11.8 Å². The molecule has 0 aromatic carbocycles. The van der Waals surface area contributed by atoms with E-state index < -0.39 is 0 Å². The monoisotopic (exact) mass is 214 g/mol. The Hall–Kier alpha value is 0.270. The van der Waals surface area contributed by atoms with Gasteiger partial charge in [0.15, 0.2) is 0 Å². The quantitative estimate of drug-likeness (QED) is 0.765. The first-order valence-electron chi connectivity index (χ1n) is 5.93. The molecule has 82 valence electrons. The average molecular weight is 214 g/mol. The number of rotatable bonds is 3. The minimum Gasteiger partial charge on any atom is -0.316 e. The second-order valence-electron chi connectivity index (χ2n) is 4.52. The highest BCUT2D eigenvalue weighted by molar-refractivity contribution is 8.00. The molecule has 0 aromatic heterocycles. The summed E-state index contributed by atoms with van der Waals surface area (Å²) in [7, 11) is 0. The van der Waals surface area contributed by atoms with Crippen LogP contribution < -0.4 is 5.32 Å². The lowest BCUT2D eigenvalue weighted by Crippen LogP contribution is -2.40. The first kappa shape index (κ1) is 10.8. The molecule has 3 heteroatoms. The predicted octanol–water partition coefficient (Wildman–Crippen LogP) is 1.42. The van der Waals surface area contributed by atoms with Crippen LogP contribution in [0.15, 0.2) is 0 Å². The maximum absolute atomic E-state index is 3.46. The van der Waals surface area contributed by atoms with Gasteiger partial charge < -0.3 is 10.2 Å². The van der Waals surface area contributed by atoms with Gasteiger partial charge in [-0.1, -0.05) is 6.92 Å². The van der Waals surface area contributed by atoms with E-state index in [0.29, 0.717) is 0 Å². The molecular formula is C11H22N2S. The van der Waals surface area contributed by atoms with Gasteiger partial charge in [-0.25, -0.2) is 0 Å². The first-order chi connectivity index (χ1) is 6.88. The van der Waals surface area contributed by atoms with E-state index in [1.165, 1.54) is 51.3 Å². The molecule has 2 rings (SSSR count). The third-order valence-corrected chi connectivity index (χ3v) is 4.73. The standard InChI is InChI=1S/C11H22N2S/c1-2-11-9-13(5-6-14-11)8-10-3-4-12-7-10/h10-12H,2-9H2,1H3/t10-,11?/m0/s1. The third kappa shape index (κ3) is 2.88. The second kappa shape index (κ2) is 5.38. The molecule has 0 radical (unpaired) electrons. The fourth-order valence-electron chi connectivity index (χ4n) is 2.43. The molecule has 2 fully saturated rings. The summed E-state index contributed by atoms with van der Waals surface area (Å²) in [6.07, 6.45) is 2.73. The summed E-state index contributed by atoms with van der Waals surface area (Å²) in [5, 5.41) is 4.36. The van der Waals surface area contributed by atoms with Crippen molar-refractivity contribution < 1.29 is 0 Å². The fraction of sp³-hybridized carbons (Fsp3) is 1.00. The van der Waals surface area contributed by atoms with Crippen LogP contribution in [0.25, 0.3) is 0 Å². The molecule has 2 nitrogen and oxygen atoms in total. The van der Waals surface area contributed by atoms with Crippen molar-refractivity contribution in [2.45, 2.75) is 25.0 Å². The normalized spacial score (nSPS) is 34.9. The second-order valence-corrected chi connectivity index (χ2v) is 5.93. The molecule has 2 atom stereocenters. The van der Waals surface area contributed by atoms with E-state index in [-0.39, 0.29) is 0 Å². The Labute approximate surface area is 91.8 Å². The zero-order chi connectivity index (χ0) is 9.80. The van der Waals surface area contributed by atoms with E-state index in [2.05, 4.69) is 28.9 Å². The van der Waals surface area contributed by atoms with Crippen LogP contribution in [0.5, 0.6) is 0 Å². The summed E-state index contributed by atoms with van der Waals surface area (Å²) in [5.41, 5.74) is 0. The van der Waals surface area contributed by atoms with E-state index >= 15 is 0 Å². The summed E-state index contributed by atoms with van der Waals surface area (Å²) in [4.78, 5) is 2.68. The third-order valence-electron chi connectivity index (χ3n) is 3.36. The van der Waals surface area contributed by atoms with Crippen LogP contribution in [0.4, 0.5) is 0 Å². The Morgan fingerprint density at radius 1 is 1.50 bits per heavy atom. The number of thioether (sulfide) groups is 1. The van der Waals surface area contributed by atoms with Crippen LogP contribution in [0.2, 0.25) is 0 Å². The summed E-state index contributed by atoms with van der Waals surface area (Å²) in [6.45, 7) is 8.79. The molecule has 2 saturated heterocycles. The summed E-state index contributed by atoms with van der Waals surface area (Å²) in [5.74, 6) is 2.27. The zero-order valence-corrected chi connectivity index (χ0v) is 9.98. The van der Waals surface area contributed by atoms with Gasteiger partial charge in [0.2, 0.25) is 0 Å². The number of hydrogen-bond donors (Lipinski definition) is 1. The van der Waals surface area contributed by atoms with Crippen molar-refractivity contribution in [1.29, 1.82) is 0 Å². The maximum atomic E-state index is 3.46. The van der Waals surface area contributed by atoms with Gasteiger partial charge in [0.05, 0.1) is 0 Å². The molecule has 2 heterocycles. The molecule has 1 N–H and O–H groups in total. The van der Waals surface area contributed by atoms with Gasteiger partial charge in [-0.15, -0.1) is 0 Å². The largest absolute Gasteiger partial charge is 0.316 e. The van der Waals surface area contributed by atoms with Gasteiger partial charge in [-0.3, -0.25) is 0 Å². The molecule has 2 aliphatic heterocycles. The number of hydrogen-bond acceptors (Lipinski definition) is 3. The molecule has 1 unspecified atom stereocenters. The molecule has 14 heavy (non-hydrogen) atoms. The van der Waals surface area contributed by atoms with Crippen LogP contribution in [-0.2, 0) is 0 Å². The molecular weight excluding hydrogens is 192 g/mol. The lowest BCUT2D eigenvalue weighted by atomic mass is 10.1. The van der Waals surface area contributed by atoms with E-state index in [9.17, 15) is 0 Å². The van der Waals surface area contributed by atoms with Gasteiger partial charge in [-0.05, 0) is 31.8 Å². The van der Waals surface area contributed by atoms with Gasteiger partial charge >= 0.3 is 0 Å². The van der Waals surface area contributed by atoms with Gasteiger partial charge in [0.25, 0.3) is 0 Å². The Morgan fingerprint density at radius 3 is 3.14 bits per heavy atom. The van der Waals surface area contributed by atoms with Gasteiger partial charge in [0.1, 0.15) is 0 Å². The van der Waals surface area contributed by atoms with Crippen LogP contribution in [0.3, 0.4) is 0 Å². The Balaban J connectivity index is 1.73. The average Bonchev–Trinajstić information content (AvgIpc) is 2.71. The van der Waals surface area contributed by atoms with Gasteiger partial charge in [-0.2, -0.15) is 11.8 Å². The lowest BCUT2D eigenvalue weighted by Gasteiger charge is -2.33. The first-order valence-corrected chi connectivity index (χ1v) is 6.98. The highest BCUT2D eigenvalue weighted by atomic mass is 32.2. The topological polar surface area (TPSA) is 15.3 Å². The fourth-order valence-corrected chi connectivity index (χ4v) is 3.68. The molecule has 0 aromatic rings. The molecule has 2 aliphatic rings. The highest BCUT2D eigenvalue weighted by Crippen LogP contribution is 2.22. The van der Waals surface area contributed by atoms with Gasteiger partial charge in [0, 0.05) is 30.6 Å². The van der Waals surface area contributed by atoms with Crippen LogP contribution in [0, 0.1) is 5.92 Å². The van der Waals surface area contributed by atoms with E-state index in [0.717, 1.165) is 11.2 Å². The van der Waals surface area contributed by atoms with E-state index in [1.54, 1.807) is 0 Å². The molecule has 0 spiro atoms. The SMILES string of the molecule is CCC1CN(C[C@H]2CCNC2)CCS1. The van der Waals surface area contributed by atoms with E-state index in [1.807, 2.05) is 0 Å². The Bertz CT molecular complexity index is 169. The minimum atomic E-state index is 0.901.